The van der Waals surface area contributed by atoms with E-state index >= 15 is 0 Å². The predicted molar refractivity (Wildman–Crippen MR) is 79.8 cm³/mol. The van der Waals surface area contributed by atoms with Crippen molar-refractivity contribution in [1.29, 1.82) is 0 Å². The lowest BCUT2D eigenvalue weighted by atomic mass is 10.1. The van der Waals surface area contributed by atoms with Crippen LogP contribution in [-0.2, 0) is 4.79 Å². The van der Waals surface area contributed by atoms with E-state index in [4.69, 9.17) is 0 Å². The van der Waals surface area contributed by atoms with Gasteiger partial charge in [0.15, 0.2) is 0 Å². The number of unbranched alkanes of at least 4 members (excludes halogenated alkanes) is 8. The quantitative estimate of drug-likeness (QED) is 0.460. The van der Waals surface area contributed by atoms with Gasteiger partial charge in [-0.2, -0.15) is 0 Å². The molecule has 0 heterocycles. The van der Waals surface area contributed by atoms with Crippen LogP contribution in [0.2, 0.25) is 0 Å². The van der Waals surface area contributed by atoms with Crippen molar-refractivity contribution in [3.8, 4) is 0 Å². The van der Waals surface area contributed by atoms with Gasteiger partial charge in [0, 0.05) is 20.0 Å². The monoisotopic (exact) mass is 255 g/mol. The predicted octanol–water partition coefficient (Wildman–Crippen LogP) is 4.78. The van der Waals surface area contributed by atoms with Crippen molar-refractivity contribution < 1.29 is 4.79 Å². The molecule has 0 radical (unpaired) electrons. The van der Waals surface area contributed by atoms with Crippen LogP contribution in [0.4, 0.5) is 0 Å². The number of amides is 1. The molecule has 0 aromatic carbocycles. The molecule has 108 valence electrons. The molecule has 0 unspecified atom stereocenters. The van der Waals surface area contributed by atoms with E-state index < -0.39 is 0 Å². The van der Waals surface area contributed by atoms with E-state index in [-0.39, 0.29) is 0 Å². The molecule has 18 heavy (non-hydrogen) atoms. The first-order chi connectivity index (χ1) is 8.72. The van der Waals surface area contributed by atoms with E-state index in [1.807, 2.05) is 11.9 Å². The minimum Gasteiger partial charge on any atom is -0.346 e. The van der Waals surface area contributed by atoms with Gasteiger partial charge in [-0.05, 0) is 12.8 Å². The summed E-state index contributed by atoms with van der Waals surface area (Å²) in [6.45, 7) is 5.33. The molecule has 0 bridgehead atoms. The standard InChI is InChI=1S/C16H33NO/c1-4-6-8-9-10-11-12-13-15-17(3)16(18)14-7-5-2/h4-15H2,1-3H3. The van der Waals surface area contributed by atoms with Gasteiger partial charge in [0.05, 0.1) is 0 Å². The highest BCUT2D eigenvalue weighted by Gasteiger charge is 2.06. The van der Waals surface area contributed by atoms with Crippen LogP contribution in [0, 0.1) is 0 Å². The van der Waals surface area contributed by atoms with Gasteiger partial charge in [0.1, 0.15) is 0 Å². The Morgan fingerprint density at radius 1 is 0.778 bits per heavy atom. The lowest BCUT2D eigenvalue weighted by Gasteiger charge is -2.16. The Labute approximate surface area is 114 Å². The van der Waals surface area contributed by atoms with Crippen molar-refractivity contribution in [1.82, 2.24) is 4.90 Å². The maximum Gasteiger partial charge on any atom is 0.222 e. The number of nitrogens with zero attached hydrogens (tertiary/aromatic N) is 1. The summed E-state index contributed by atoms with van der Waals surface area (Å²) in [5.74, 6) is 0.319. The molecule has 0 saturated carbocycles. The lowest BCUT2D eigenvalue weighted by Crippen LogP contribution is -2.27. The van der Waals surface area contributed by atoms with Gasteiger partial charge in [0.2, 0.25) is 5.91 Å². The highest BCUT2D eigenvalue weighted by atomic mass is 16.2. The first-order valence-electron chi connectivity index (χ1n) is 7.96. The van der Waals surface area contributed by atoms with Crippen LogP contribution < -0.4 is 0 Å². The molecule has 0 spiro atoms. The van der Waals surface area contributed by atoms with Crippen LogP contribution in [0.25, 0.3) is 0 Å². The van der Waals surface area contributed by atoms with Gasteiger partial charge in [0.25, 0.3) is 0 Å². The molecule has 0 aliphatic heterocycles. The van der Waals surface area contributed by atoms with Crippen LogP contribution in [0.15, 0.2) is 0 Å². The molecule has 2 heteroatoms. The summed E-state index contributed by atoms with van der Waals surface area (Å²) in [6, 6.07) is 0. The zero-order valence-corrected chi connectivity index (χ0v) is 12.8. The van der Waals surface area contributed by atoms with Crippen LogP contribution in [0.5, 0.6) is 0 Å². The van der Waals surface area contributed by atoms with E-state index in [0.29, 0.717) is 5.91 Å². The second-order valence-electron chi connectivity index (χ2n) is 5.39. The van der Waals surface area contributed by atoms with Crippen LogP contribution in [-0.4, -0.2) is 24.4 Å². The third-order valence-electron chi connectivity index (χ3n) is 3.52. The fraction of sp³-hybridized carbons (Fsp3) is 0.938. The van der Waals surface area contributed by atoms with Crippen LogP contribution in [0.3, 0.4) is 0 Å². The summed E-state index contributed by atoms with van der Waals surface area (Å²) in [5.41, 5.74) is 0. The number of rotatable bonds is 12. The summed E-state index contributed by atoms with van der Waals surface area (Å²) < 4.78 is 0. The van der Waals surface area contributed by atoms with E-state index in [1.165, 1.54) is 51.4 Å². The summed E-state index contributed by atoms with van der Waals surface area (Å²) in [7, 11) is 1.94. The first-order valence-corrected chi connectivity index (χ1v) is 7.96. The summed E-state index contributed by atoms with van der Waals surface area (Å²) in [4.78, 5) is 13.6. The van der Waals surface area contributed by atoms with Crippen molar-refractivity contribution in [2.24, 2.45) is 0 Å². The first kappa shape index (κ1) is 17.5. The van der Waals surface area contributed by atoms with E-state index in [0.717, 1.165) is 25.8 Å². The third-order valence-corrected chi connectivity index (χ3v) is 3.52. The minimum atomic E-state index is 0.319. The molecule has 0 saturated heterocycles. The van der Waals surface area contributed by atoms with Gasteiger partial charge < -0.3 is 4.90 Å². The Bertz CT molecular complexity index is 192. The fourth-order valence-corrected chi connectivity index (χ4v) is 2.13. The van der Waals surface area contributed by atoms with Crippen LogP contribution >= 0.6 is 0 Å². The summed E-state index contributed by atoms with van der Waals surface area (Å²) >= 11 is 0. The molecule has 0 atom stereocenters. The van der Waals surface area contributed by atoms with Gasteiger partial charge in [-0.15, -0.1) is 0 Å². The zero-order chi connectivity index (χ0) is 13.6. The second kappa shape index (κ2) is 12.9. The molecule has 0 aromatic rings. The average molecular weight is 255 g/mol. The molecular formula is C16H33NO. The molecule has 0 aliphatic rings. The smallest absolute Gasteiger partial charge is 0.222 e. The average Bonchev–Trinajstić information content (AvgIpc) is 2.38. The summed E-state index contributed by atoms with van der Waals surface area (Å²) in [6.07, 6.45) is 13.5. The molecule has 2 nitrogen and oxygen atoms in total. The Morgan fingerprint density at radius 2 is 1.28 bits per heavy atom. The second-order valence-corrected chi connectivity index (χ2v) is 5.39. The molecule has 0 N–H and O–H groups in total. The Kier molecular flexibility index (Phi) is 12.5. The SMILES string of the molecule is CCCCCCCCCCN(C)C(=O)CCCC. The lowest BCUT2D eigenvalue weighted by molar-refractivity contribution is -0.130. The van der Waals surface area contributed by atoms with Gasteiger partial charge in [-0.25, -0.2) is 0 Å². The molecule has 1 amide bonds. The zero-order valence-electron chi connectivity index (χ0n) is 12.8. The van der Waals surface area contributed by atoms with Gasteiger partial charge in [-0.1, -0.05) is 65.2 Å². The number of carbonyl (C=O) groups is 1. The Balaban J connectivity index is 3.29. The normalized spacial score (nSPS) is 10.6. The van der Waals surface area contributed by atoms with Gasteiger partial charge in [-0.3, -0.25) is 4.79 Å². The molecular weight excluding hydrogens is 222 g/mol. The molecule has 0 aliphatic carbocycles. The minimum absolute atomic E-state index is 0.319. The number of carbonyl (C=O) groups excluding carboxylic acids is 1. The molecule has 0 aromatic heterocycles. The Hall–Kier alpha value is -0.530. The van der Waals surface area contributed by atoms with Crippen molar-refractivity contribution in [2.45, 2.75) is 84.5 Å². The fourth-order valence-electron chi connectivity index (χ4n) is 2.13. The topological polar surface area (TPSA) is 20.3 Å². The highest BCUT2D eigenvalue weighted by molar-refractivity contribution is 5.75. The van der Waals surface area contributed by atoms with Crippen molar-refractivity contribution >= 4 is 5.91 Å². The number of hydrogen-bond donors (Lipinski definition) is 0. The van der Waals surface area contributed by atoms with Crippen LogP contribution in [0.1, 0.15) is 84.5 Å². The molecule has 0 fully saturated rings. The van der Waals surface area contributed by atoms with Crippen molar-refractivity contribution in [2.75, 3.05) is 13.6 Å². The maximum absolute atomic E-state index is 11.7. The van der Waals surface area contributed by atoms with E-state index in [1.54, 1.807) is 0 Å². The largest absolute Gasteiger partial charge is 0.346 e. The van der Waals surface area contributed by atoms with E-state index in [2.05, 4.69) is 13.8 Å². The molecule has 0 rings (SSSR count). The highest BCUT2D eigenvalue weighted by Crippen LogP contribution is 2.09. The third kappa shape index (κ3) is 10.6. The Morgan fingerprint density at radius 3 is 1.83 bits per heavy atom. The summed E-state index contributed by atoms with van der Waals surface area (Å²) in [5, 5.41) is 0. The van der Waals surface area contributed by atoms with Crippen molar-refractivity contribution in [3.63, 3.8) is 0 Å². The maximum atomic E-state index is 11.7. The van der Waals surface area contributed by atoms with E-state index in [9.17, 15) is 4.79 Å². The number of hydrogen-bond acceptors (Lipinski definition) is 1. The van der Waals surface area contributed by atoms with Crippen molar-refractivity contribution in [3.05, 3.63) is 0 Å². The van der Waals surface area contributed by atoms with Gasteiger partial charge >= 0.3 is 0 Å².